The van der Waals surface area contributed by atoms with Gasteiger partial charge in [0.15, 0.2) is 0 Å². The maximum absolute atomic E-state index is 15.0. The maximum atomic E-state index is 15.0. The van der Waals surface area contributed by atoms with Gasteiger partial charge in [0.1, 0.15) is 17.5 Å². The first-order valence-corrected chi connectivity index (χ1v) is 11.2. The molecule has 0 fully saturated rings. The van der Waals surface area contributed by atoms with Crippen molar-refractivity contribution in [2.24, 2.45) is 5.73 Å². The molecule has 2 aromatic carbocycles. The molecule has 0 amide bonds. The molecular weight excluding hydrogens is 481 g/mol. The predicted octanol–water partition coefficient (Wildman–Crippen LogP) is 1.77. The topological polar surface area (TPSA) is 184 Å². The number of aliphatic hydroxyl groups excluding tert-OH is 1. The Morgan fingerprint density at radius 2 is 1.78 bits per heavy atom. The number of hydrogen-bond donors (Lipinski definition) is 5. The summed E-state index contributed by atoms with van der Waals surface area (Å²) in [6.45, 7) is 1.01. The number of aliphatic hydroxyl groups is 1. The van der Waals surface area contributed by atoms with E-state index in [1.807, 2.05) is 0 Å². The largest absolute Gasteiger partial charge is 0.481 e. The monoisotopic (exact) mass is 507 g/mol. The quantitative estimate of drug-likeness (QED) is 0.176. The summed E-state index contributed by atoms with van der Waals surface area (Å²) in [4.78, 5) is 32.4. The van der Waals surface area contributed by atoms with E-state index in [9.17, 15) is 14.3 Å². The highest BCUT2D eigenvalue weighted by Gasteiger charge is 2.24. The second-order valence-electron chi connectivity index (χ2n) is 7.99. The molecule has 0 bridgehead atoms. The molecule has 4 aromatic rings. The average Bonchev–Trinajstić information content (AvgIpc) is 3.26. The molecule has 4 rings (SSSR count). The lowest BCUT2D eigenvalue weighted by molar-refractivity contribution is -0.134. The summed E-state index contributed by atoms with van der Waals surface area (Å²) in [7, 11) is 0. The van der Waals surface area contributed by atoms with E-state index in [2.05, 4.69) is 20.1 Å². The Bertz CT molecular complexity index is 1420. The standard InChI is InChI=1S/C23H22FN7O2.C2H4O2/c24-19-7-4-15(8-11-32)12-17(19)18(13-14-2-5-16(6-3-14)20(25)26)21-29-23(33)31(30-21)22-27-9-1-10-28-22;1-2(3)4/h1-7,9-10,12,18,32H,8,11,13H2,(H3,25,26)(H,29,30,33);1H3,(H,3,4). The number of carbonyl (C=O) groups is 1. The Morgan fingerprint density at radius 3 is 2.38 bits per heavy atom. The number of rotatable bonds is 8. The Morgan fingerprint density at radius 1 is 1.16 bits per heavy atom. The number of amidine groups is 1. The SMILES string of the molecule is CC(=O)O.N=C(N)c1ccc(CC(c2nn(-c3ncccn3)c(=O)[nH]2)c2cc(CCO)ccc2F)cc1. The first-order valence-electron chi connectivity index (χ1n) is 11.2. The lowest BCUT2D eigenvalue weighted by Gasteiger charge is -2.17. The van der Waals surface area contributed by atoms with Gasteiger partial charge in [0, 0.05) is 31.5 Å². The zero-order chi connectivity index (χ0) is 26.9. The molecule has 12 heteroatoms. The smallest absolute Gasteiger partial charge is 0.350 e. The molecule has 0 saturated heterocycles. The number of aliphatic carboxylic acids is 1. The van der Waals surface area contributed by atoms with Gasteiger partial charge in [0.25, 0.3) is 11.9 Å². The van der Waals surface area contributed by atoms with Crippen molar-refractivity contribution < 1.29 is 19.4 Å². The minimum absolute atomic E-state index is 0.0493. The van der Waals surface area contributed by atoms with Gasteiger partial charge >= 0.3 is 5.69 Å². The number of nitrogens with zero attached hydrogens (tertiary/aromatic N) is 4. The van der Waals surface area contributed by atoms with E-state index in [-0.39, 0.29) is 24.2 Å². The minimum Gasteiger partial charge on any atom is -0.481 e. The number of aromatic nitrogens is 5. The normalized spacial score (nSPS) is 11.3. The number of aromatic amines is 1. The molecule has 1 atom stereocenters. The summed E-state index contributed by atoms with van der Waals surface area (Å²) in [5, 5.41) is 28.7. The van der Waals surface area contributed by atoms with Gasteiger partial charge in [0.05, 0.1) is 5.92 Å². The first kappa shape index (κ1) is 26.9. The summed E-state index contributed by atoms with van der Waals surface area (Å²) in [5.74, 6) is -1.61. The van der Waals surface area contributed by atoms with Gasteiger partial charge in [0.2, 0.25) is 0 Å². The highest BCUT2D eigenvalue weighted by molar-refractivity contribution is 5.94. The Kier molecular flexibility index (Phi) is 8.95. The van der Waals surface area contributed by atoms with Crippen LogP contribution in [0.4, 0.5) is 4.39 Å². The fourth-order valence-electron chi connectivity index (χ4n) is 3.59. The molecule has 37 heavy (non-hydrogen) atoms. The summed E-state index contributed by atoms with van der Waals surface area (Å²) in [5.41, 5.74) is 7.51. The molecule has 11 nitrogen and oxygen atoms in total. The van der Waals surface area contributed by atoms with Crippen molar-refractivity contribution in [3.63, 3.8) is 0 Å². The number of H-pyrrole nitrogens is 1. The second-order valence-corrected chi connectivity index (χ2v) is 7.99. The minimum atomic E-state index is -0.833. The van der Waals surface area contributed by atoms with E-state index < -0.39 is 23.4 Å². The molecule has 0 aliphatic rings. The molecule has 192 valence electrons. The summed E-state index contributed by atoms with van der Waals surface area (Å²) >= 11 is 0. The molecule has 0 spiro atoms. The van der Waals surface area contributed by atoms with Crippen molar-refractivity contribution in [2.45, 2.75) is 25.7 Å². The van der Waals surface area contributed by atoms with E-state index in [0.29, 0.717) is 24.0 Å². The van der Waals surface area contributed by atoms with Crippen LogP contribution in [0.15, 0.2) is 65.7 Å². The van der Waals surface area contributed by atoms with Gasteiger partial charge in [-0.25, -0.2) is 19.2 Å². The number of nitrogens with two attached hydrogens (primary N) is 1. The Balaban J connectivity index is 0.000000886. The Hall–Kier alpha value is -4.71. The molecule has 0 aliphatic heterocycles. The van der Waals surface area contributed by atoms with Crippen molar-refractivity contribution in [2.75, 3.05) is 6.61 Å². The van der Waals surface area contributed by atoms with Crippen molar-refractivity contribution in [1.29, 1.82) is 5.41 Å². The van der Waals surface area contributed by atoms with Gasteiger partial charge in [-0.05, 0) is 41.7 Å². The van der Waals surface area contributed by atoms with Gasteiger partial charge in [-0.2, -0.15) is 0 Å². The third-order valence-corrected chi connectivity index (χ3v) is 5.25. The van der Waals surface area contributed by atoms with Crippen LogP contribution in [-0.2, 0) is 17.6 Å². The number of nitrogen functional groups attached to an aromatic ring is 1. The summed E-state index contributed by atoms with van der Waals surface area (Å²) in [6, 6.07) is 13.3. The number of carboxylic acids is 1. The Labute approximate surface area is 211 Å². The fraction of sp³-hybridized carbons (Fsp3) is 0.200. The molecule has 1 unspecified atom stereocenters. The van der Waals surface area contributed by atoms with Crippen LogP contribution in [0.1, 0.15) is 40.9 Å². The van der Waals surface area contributed by atoms with Crippen LogP contribution in [-0.4, -0.2) is 53.4 Å². The summed E-state index contributed by atoms with van der Waals surface area (Å²) in [6.07, 6.45) is 3.68. The third kappa shape index (κ3) is 7.15. The van der Waals surface area contributed by atoms with Crippen LogP contribution in [0.3, 0.4) is 0 Å². The lowest BCUT2D eigenvalue weighted by Crippen LogP contribution is -2.18. The number of benzene rings is 2. The van der Waals surface area contributed by atoms with Crippen LogP contribution < -0.4 is 11.4 Å². The van der Waals surface area contributed by atoms with Crippen LogP contribution in [0.5, 0.6) is 0 Å². The zero-order valence-corrected chi connectivity index (χ0v) is 19.9. The second kappa shape index (κ2) is 12.3. The van der Waals surface area contributed by atoms with E-state index in [0.717, 1.165) is 22.7 Å². The molecule has 0 radical (unpaired) electrons. The predicted molar refractivity (Wildman–Crippen MR) is 133 cm³/mol. The van der Waals surface area contributed by atoms with Gasteiger partial charge in [-0.1, -0.05) is 36.4 Å². The zero-order valence-electron chi connectivity index (χ0n) is 19.9. The number of nitrogens with one attached hydrogen (secondary N) is 2. The average molecular weight is 508 g/mol. The van der Waals surface area contributed by atoms with Crippen molar-refractivity contribution in [1.82, 2.24) is 24.7 Å². The van der Waals surface area contributed by atoms with Crippen molar-refractivity contribution >= 4 is 11.8 Å². The first-order chi connectivity index (χ1) is 17.7. The molecule has 2 aromatic heterocycles. The van der Waals surface area contributed by atoms with Crippen LogP contribution in [0.2, 0.25) is 0 Å². The number of carboxylic acid groups (broad SMARTS) is 1. The summed E-state index contributed by atoms with van der Waals surface area (Å²) < 4.78 is 16.0. The van der Waals surface area contributed by atoms with Crippen molar-refractivity contribution in [3.8, 4) is 5.95 Å². The molecule has 2 heterocycles. The third-order valence-electron chi connectivity index (χ3n) is 5.25. The van der Waals surface area contributed by atoms with Crippen LogP contribution in [0.25, 0.3) is 5.95 Å². The lowest BCUT2D eigenvalue weighted by atomic mass is 9.89. The van der Waals surface area contributed by atoms with E-state index in [4.69, 9.17) is 21.0 Å². The van der Waals surface area contributed by atoms with Gasteiger partial charge < -0.3 is 15.9 Å². The highest BCUT2D eigenvalue weighted by atomic mass is 19.1. The number of halogens is 1. The highest BCUT2D eigenvalue weighted by Crippen LogP contribution is 2.29. The molecule has 0 saturated carbocycles. The van der Waals surface area contributed by atoms with Crippen LogP contribution in [0, 0.1) is 11.2 Å². The molecule has 6 N–H and O–H groups in total. The number of hydrogen-bond acceptors (Lipinski definition) is 7. The van der Waals surface area contributed by atoms with Crippen LogP contribution >= 0.6 is 0 Å². The van der Waals surface area contributed by atoms with E-state index in [1.54, 1.807) is 42.5 Å². The maximum Gasteiger partial charge on any atom is 0.350 e. The fourth-order valence-corrected chi connectivity index (χ4v) is 3.59. The molecule has 0 aliphatic carbocycles. The van der Waals surface area contributed by atoms with Crippen molar-refractivity contribution in [3.05, 3.63) is 105 Å². The van der Waals surface area contributed by atoms with E-state index in [1.165, 1.54) is 18.5 Å². The van der Waals surface area contributed by atoms with E-state index >= 15 is 0 Å². The van der Waals surface area contributed by atoms with Gasteiger partial charge in [-0.3, -0.25) is 15.2 Å². The van der Waals surface area contributed by atoms with Gasteiger partial charge in [-0.15, -0.1) is 9.78 Å². The molecular formula is C25H26FN7O4.